The van der Waals surface area contributed by atoms with Crippen molar-refractivity contribution in [3.63, 3.8) is 0 Å². The summed E-state index contributed by atoms with van der Waals surface area (Å²) in [6.07, 6.45) is 0. The molecule has 19 heavy (non-hydrogen) atoms. The highest BCUT2D eigenvalue weighted by Crippen LogP contribution is 2.23. The summed E-state index contributed by atoms with van der Waals surface area (Å²) >= 11 is 0. The Labute approximate surface area is 115 Å². The molecule has 4 heteroatoms. The van der Waals surface area contributed by atoms with E-state index in [1.165, 1.54) is 0 Å². The molecule has 106 valence electrons. The average Bonchev–Trinajstić information content (AvgIpc) is 2.38. The van der Waals surface area contributed by atoms with Crippen LogP contribution >= 0.6 is 0 Å². The van der Waals surface area contributed by atoms with Gasteiger partial charge in [0, 0.05) is 6.54 Å². The number of methoxy groups -OCH3 is 1. The number of carbonyl (C=O) groups is 1. The van der Waals surface area contributed by atoms with Crippen LogP contribution in [0.5, 0.6) is 5.75 Å². The Morgan fingerprint density at radius 3 is 2.42 bits per heavy atom. The zero-order valence-electron chi connectivity index (χ0n) is 12.5. The molecule has 1 rings (SSSR count). The first-order chi connectivity index (χ1) is 8.80. The fraction of sp³-hybridized carbons (Fsp3) is 0.533. The molecular weight excluding hydrogens is 240 g/mol. The molecule has 1 aromatic carbocycles. The van der Waals surface area contributed by atoms with Crippen molar-refractivity contribution in [1.29, 1.82) is 0 Å². The van der Waals surface area contributed by atoms with Crippen molar-refractivity contribution in [2.45, 2.75) is 27.7 Å². The highest BCUT2D eigenvalue weighted by Gasteiger charge is 2.19. The van der Waals surface area contributed by atoms with Crippen molar-refractivity contribution in [2.75, 3.05) is 20.2 Å². The molecule has 0 atom stereocenters. The van der Waals surface area contributed by atoms with Gasteiger partial charge in [-0.2, -0.15) is 0 Å². The summed E-state index contributed by atoms with van der Waals surface area (Å²) in [5.74, 6) is 0.479. The number of nitrogens with two attached hydrogens (primary N) is 1. The molecule has 0 aromatic heterocycles. The van der Waals surface area contributed by atoms with Crippen LogP contribution in [-0.4, -0.2) is 26.1 Å². The van der Waals surface area contributed by atoms with Crippen molar-refractivity contribution in [3.05, 3.63) is 28.8 Å². The summed E-state index contributed by atoms with van der Waals surface area (Å²) < 4.78 is 5.28. The van der Waals surface area contributed by atoms with Gasteiger partial charge in [-0.25, -0.2) is 0 Å². The fourth-order valence-electron chi connectivity index (χ4n) is 1.62. The molecule has 0 bridgehead atoms. The predicted octanol–water partition coefficient (Wildman–Crippen LogP) is 2.03. The van der Waals surface area contributed by atoms with Crippen LogP contribution in [0.3, 0.4) is 0 Å². The molecule has 0 spiro atoms. The second-order valence-corrected chi connectivity index (χ2v) is 5.69. The quantitative estimate of drug-likeness (QED) is 0.855. The Kier molecular flexibility index (Phi) is 4.95. The van der Waals surface area contributed by atoms with E-state index in [2.05, 4.69) is 5.32 Å². The number of ether oxygens (including phenoxy) is 1. The fourth-order valence-corrected chi connectivity index (χ4v) is 1.62. The van der Waals surface area contributed by atoms with Gasteiger partial charge in [0.1, 0.15) is 5.75 Å². The number of hydrogen-bond acceptors (Lipinski definition) is 3. The molecule has 0 aliphatic heterocycles. The molecule has 0 radical (unpaired) electrons. The number of hydrogen-bond donors (Lipinski definition) is 2. The molecule has 0 aliphatic carbocycles. The van der Waals surface area contributed by atoms with Gasteiger partial charge in [0.2, 0.25) is 0 Å². The molecule has 0 heterocycles. The summed E-state index contributed by atoms with van der Waals surface area (Å²) in [6, 6.07) is 3.75. The highest BCUT2D eigenvalue weighted by molar-refractivity contribution is 5.97. The molecule has 1 amide bonds. The van der Waals surface area contributed by atoms with Crippen molar-refractivity contribution < 1.29 is 9.53 Å². The van der Waals surface area contributed by atoms with Crippen LogP contribution in [0.25, 0.3) is 0 Å². The maximum Gasteiger partial charge on any atom is 0.255 e. The van der Waals surface area contributed by atoms with Crippen LogP contribution < -0.4 is 15.8 Å². The second kappa shape index (κ2) is 6.06. The van der Waals surface area contributed by atoms with Gasteiger partial charge in [0.05, 0.1) is 12.7 Å². The van der Waals surface area contributed by atoms with Gasteiger partial charge in [0.15, 0.2) is 0 Å². The first kappa shape index (κ1) is 15.5. The van der Waals surface area contributed by atoms with Gasteiger partial charge >= 0.3 is 0 Å². The predicted molar refractivity (Wildman–Crippen MR) is 77.6 cm³/mol. The van der Waals surface area contributed by atoms with Crippen molar-refractivity contribution in [3.8, 4) is 5.75 Å². The Balaban J connectivity index is 2.91. The van der Waals surface area contributed by atoms with E-state index in [-0.39, 0.29) is 11.3 Å². The molecule has 3 N–H and O–H groups in total. The largest absolute Gasteiger partial charge is 0.496 e. The van der Waals surface area contributed by atoms with Crippen LogP contribution in [-0.2, 0) is 0 Å². The maximum absolute atomic E-state index is 12.2. The lowest BCUT2D eigenvalue weighted by Gasteiger charge is -2.23. The number of benzene rings is 1. The van der Waals surface area contributed by atoms with E-state index >= 15 is 0 Å². The van der Waals surface area contributed by atoms with E-state index in [9.17, 15) is 4.79 Å². The van der Waals surface area contributed by atoms with Crippen molar-refractivity contribution >= 4 is 5.91 Å². The third kappa shape index (κ3) is 3.96. The smallest absolute Gasteiger partial charge is 0.255 e. The Morgan fingerprint density at radius 1 is 1.32 bits per heavy atom. The average molecular weight is 264 g/mol. The summed E-state index contributed by atoms with van der Waals surface area (Å²) in [5.41, 5.74) is 8.30. The molecule has 0 aliphatic rings. The van der Waals surface area contributed by atoms with Crippen LogP contribution in [0.1, 0.15) is 35.3 Å². The number of aryl methyl sites for hydroxylation is 2. The zero-order chi connectivity index (χ0) is 14.6. The minimum atomic E-state index is -0.124. The van der Waals surface area contributed by atoms with E-state index in [0.29, 0.717) is 24.4 Å². The SMILES string of the molecule is COc1cc(C)c(C)cc1C(=O)NCC(C)(C)CN. The number of nitrogens with one attached hydrogen (secondary N) is 1. The van der Waals surface area contributed by atoms with Crippen LogP contribution in [0.2, 0.25) is 0 Å². The Hall–Kier alpha value is -1.55. The lowest BCUT2D eigenvalue weighted by atomic mass is 9.93. The molecule has 0 saturated carbocycles. The lowest BCUT2D eigenvalue weighted by Crippen LogP contribution is -2.38. The molecule has 4 nitrogen and oxygen atoms in total. The second-order valence-electron chi connectivity index (χ2n) is 5.69. The number of carbonyl (C=O) groups excluding carboxylic acids is 1. The molecule has 0 unspecified atom stereocenters. The van der Waals surface area contributed by atoms with Gasteiger partial charge in [-0.3, -0.25) is 4.79 Å². The minimum Gasteiger partial charge on any atom is -0.496 e. The van der Waals surface area contributed by atoms with Crippen LogP contribution in [0.4, 0.5) is 0 Å². The topological polar surface area (TPSA) is 64.3 Å². The van der Waals surface area contributed by atoms with Gasteiger partial charge in [0.25, 0.3) is 5.91 Å². The maximum atomic E-state index is 12.2. The normalized spacial score (nSPS) is 11.3. The monoisotopic (exact) mass is 264 g/mol. The summed E-state index contributed by atoms with van der Waals surface area (Å²) in [6.45, 7) is 9.08. The first-order valence-electron chi connectivity index (χ1n) is 6.44. The first-order valence-corrected chi connectivity index (χ1v) is 6.44. The third-order valence-corrected chi connectivity index (χ3v) is 3.34. The van der Waals surface area contributed by atoms with E-state index in [4.69, 9.17) is 10.5 Å². The van der Waals surface area contributed by atoms with E-state index in [1.54, 1.807) is 7.11 Å². The zero-order valence-corrected chi connectivity index (χ0v) is 12.5. The molecule has 0 saturated heterocycles. The van der Waals surface area contributed by atoms with Crippen molar-refractivity contribution in [2.24, 2.45) is 11.1 Å². The molecule has 0 fully saturated rings. The van der Waals surface area contributed by atoms with Crippen LogP contribution in [0, 0.1) is 19.3 Å². The third-order valence-electron chi connectivity index (χ3n) is 3.34. The highest BCUT2D eigenvalue weighted by atomic mass is 16.5. The van der Waals surface area contributed by atoms with E-state index in [0.717, 1.165) is 11.1 Å². The standard InChI is InChI=1S/C15H24N2O2/c1-10-6-12(13(19-5)7-11(10)2)14(18)17-9-15(3,4)8-16/h6-7H,8-9,16H2,1-5H3,(H,17,18). The van der Waals surface area contributed by atoms with Gasteiger partial charge < -0.3 is 15.8 Å². The minimum absolute atomic E-state index is 0.108. The molecular formula is C15H24N2O2. The summed E-state index contributed by atoms with van der Waals surface area (Å²) in [4.78, 5) is 12.2. The van der Waals surface area contributed by atoms with Gasteiger partial charge in [-0.05, 0) is 49.1 Å². The van der Waals surface area contributed by atoms with E-state index < -0.39 is 0 Å². The van der Waals surface area contributed by atoms with Gasteiger partial charge in [-0.1, -0.05) is 13.8 Å². The van der Waals surface area contributed by atoms with Crippen molar-refractivity contribution in [1.82, 2.24) is 5.32 Å². The lowest BCUT2D eigenvalue weighted by molar-refractivity contribution is 0.0935. The number of amides is 1. The Morgan fingerprint density at radius 2 is 1.89 bits per heavy atom. The summed E-state index contributed by atoms with van der Waals surface area (Å²) in [7, 11) is 1.57. The van der Waals surface area contributed by atoms with E-state index in [1.807, 2.05) is 39.8 Å². The number of rotatable bonds is 5. The van der Waals surface area contributed by atoms with Gasteiger partial charge in [-0.15, -0.1) is 0 Å². The summed E-state index contributed by atoms with van der Waals surface area (Å²) in [5, 5.41) is 2.91. The Bertz CT molecular complexity index is 467. The van der Waals surface area contributed by atoms with Crippen LogP contribution in [0.15, 0.2) is 12.1 Å². The molecule has 1 aromatic rings.